The summed E-state index contributed by atoms with van der Waals surface area (Å²) < 4.78 is 0. The second kappa shape index (κ2) is 39.3. The maximum Gasteiger partial charge on any atom is 0.335 e. The zero-order valence-corrected chi connectivity index (χ0v) is 75.9. The molecule has 3 aliphatic heterocycles. The van der Waals surface area contributed by atoms with Crippen LogP contribution in [0.25, 0.3) is 33.4 Å². The number of hydrogen-bond acceptors (Lipinski definition) is 18. The Balaban J connectivity index is 0.000000161. The summed E-state index contributed by atoms with van der Waals surface area (Å²) in [7, 11) is 0. The number of hydroxylamine groups is 6. The Morgan fingerprint density at radius 3 is 0.880 bits per heavy atom. The van der Waals surface area contributed by atoms with Gasteiger partial charge < -0.3 is 62.3 Å². The molecule has 12 fully saturated rings. The number of amides is 5. The number of nitrogens with zero attached hydrogens (tertiary/aromatic N) is 3. The van der Waals surface area contributed by atoms with Crippen molar-refractivity contribution in [3.05, 3.63) is 179 Å². The molecule has 0 unspecified atom stereocenters. The third kappa shape index (κ3) is 20.2. The molecule has 6 aromatic carbocycles. The highest BCUT2D eigenvalue weighted by Gasteiger charge is 2.61. The summed E-state index contributed by atoms with van der Waals surface area (Å²) in [6.07, 6.45) is 1.93. The SMILES string of the molecule is CC(C)CNC(=O)c1cccc(-c2cccc(CN3O[C@@H](CO)[C@@H]([C@H](C)O)[C@H]3C(=O)N[C@H]3C[C@H]4C[C@@H]([C@@H]3C)C4(C)C)c2)c1.CC(C)CNC(=O)c1cccc(-c2cccc(CN3O[C@@H](CO)[C@@H]([C@H](C)O)[C@H]3C(=O)N[C@H]3C[C@H]4C[C@@H]([C@@H]3C)C4(C)C)c2)c1.C[C@@H]1[C@@H](NC(=O)[C@@H]2[C@H]([C@H](C)O)[C@H](CO)ON2Cc2cccc(-c3cccc(C(=O)O)c3)c2)C[C@H]2C[C@@H]1C2(C)C. The van der Waals surface area contributed by atoms with Crippen LogP contribution >= 0.6 is 0 Å². The van der Waals surface area contributed by atoms with Crippen molar-refractivity contribution < 1.29 is 79.0 Å². The molecule has 0 radical (unpaired) electrons. The molecule has 0 aromatic heterocycles. The highest BCUT2D eigenvalue weighted by atomic mass is 16.7. The van der Waals surface area contributed by atoms with Crippen LogP contribution in [-0.2, 0) is 48.5 Å². The van der Waals surface area contributed by atoms with Gasteiger partial charge in [-0.25, -0.2) is 4.79 Å². The van der Waals surface area contributed by atoms with Gasteiger partial charge in [0.1, 0.15) is 36.4 Å². The number of aliphatic hydroxyl groups is 6. The molecule has 9 aliphatic carbocycles. The highest BCUT2D eigenvalue weighted by molar-refractivity contribution is 5.96. The minimum Gasteiger partial charge on any atom is -0.478 e. The third-order valence-corrected chi connectivity index (χ3v) is 30.7. The van der Waals surface area contributed by atoms with Crippen LogP contribution in [0.4, 0.5) is 0 Å². The number of hydrogen-bond donors (Lipinski definition) is 12. The number of aromatic carboxylic acids is 1. The predicted molar refractivity (Wildman–Crippen MR) is 480 cm³/mol. The molecular formula is C101H138N8O16. The first-order valence-electron chi connectivity index (χ1n) is 45.8. The molecule has 24 nitrogen and oxygen atoms in total. The van der Waals surface area contributed by atoms with Gasteiger partial charge in [-0.1, -0.05) is 181 Å². The summed E-state index contributed by atoms with van der Waals surface area (Å²) in [5.74, 6) is 2.00. The fourth-order valence-electron chi connectivity index (χ4n) is 22.8. The molecule has 24 heteroatoms. The fraction of sp³-hybridized carbons (Fsp3) is 0.584. The minimum absolute atomic E-state index is 0.0730. The molecule has 3 heterocycles. The number of benzene rings is 6. The van der Waals surface area contributed by atoms with Gasteiger partial charge in [-0.15, -0.1) is 0 Å². The summed E-state index contributed by atoms with van der Waals surface area (Å²) in [5.41, 5.74) is 10.4. The summed E-state index contributed by atoms with van der Waals surface area (Å²) in [6, 6.07) is 43.4. The third-order valence-electron chi connectivity index (χ3n) is 30.7. The van der Waals surface area contributed by atoms with Gasteiger partial charge in [-0.05, 0) is 245 Å². The number of rotatable bonds is 28. The number of carboxylic acids is 1. The van der Waals surface area contributed by atoms with E-state index in [1.807, 2.05) is 127 Å². The van der Waals surface area contributed by atoms with E-state index in [1.165, 1.54) is 19.3 Å². The van der Waals surface area contributed by atoms with E-state index in [9.17, 15) is 64.5 Å². The number of carbonyl (C=O) groups is 6. The molecule has 3 saturated heterocycles. The molecule has 18 rings (SSSR count). The van der Waals surface area contributed by atoms with Gasteiger partial charge >= 0.3 is 5.97 Å². The molecule has 6 aromatic rings. The molecule has 678 valence electrons. The van der Waals surface area contributed by atoms with E-state index in [0.717, 1.165) is 69.3 Å². The first kappa shape index (κ1) is 94.3. The lowest BCUT2D eigenvalue weighted by Gasteiger charge is -2.62. The minimum atomic E-state index is -0.986. The first-order valence-corrected chi connectivity index (χ1v) is 45.8. The van der Waals surface area contributed by atoms with Crippen LogP contribution in [0.2, 0.25) is 0 Å². The van der Waals surface area contributed by atoms with Gasteiger partial charge in [0.2, 0.25) is 17.7 Å². The van der Waals surface area contributed by atoms with Crippen molar-refractivity contribution in [2.75, 3.05) is 32.9 Å². The van der Waals surface area contributed by atoms with Crippen molar-refractivity contribution in [3.8, 4) is 33.4 Å². The number of fused-ring (bicyclic) bond motifs is 6. The van der Waals surface area contributed by atoms with E-state index < -0.39 is 78.5 Å². The van der Waals surface area contributed by atoms with Gasteiger partial charge in [-0.3, -0.25) is 38.5 Å². The molecule has 0 spiro atoms. The van der Waals surface area contributed by atoms with E-state index in [2.05, 4.69) is 117 Å². The number of carbonyl (C=O) groups excluding carboxylic acids is 5. The Bertz CT molecular complexity index is 4580. The van der Waals surface area contributed by atoms with Gasteiger partial charge in [0, 0.05) is 60.1 Å². The predicted octanol–water partition coefficient (Wildman–Crippen LogP) is 12.5. The number of carboxylic acid groups (broad SMARTS) is 1. The summed E-state index contributed by atoms with van der Waals surface area (Å²) in [6.45, 7) is 35.1. The Morgan fingerprint density at radius 1 is 0.384 bits per heavy atom. The highest BCUT2D eigenvalue weighted by Crippen LogP contribution is 2.64. The normalized spacial score (nSPS) is 31.1. The number of nitrogens with one attached hydrogen (secondary N) is 5. The zero-order chi connectivity index (χ0) is 90.2. The van der Waals surface area contributed by atoms with Crippen LogP contribution in [-0.4, -0.2) is 192 Å². The molecule has 12 N–H and O–H groups in total. The van der Waals surface area contributed by atoms with Crippen LogP contribution in [0.5, 0.6) is 0 Å². The van der Waals surface area contributed by atoms with Crippen LogP contribution in [0, 0.1) is 99.1 Å². The van der Waals surface area contributed by atoms with Crippen molar-refractivity contribution in [1.82, 2.24) is 41.8 Å². The van der Waals surface area contributed by atoms with Crippen LogP contribution in [0.3, 0.4) is 0 Å². The maximum atomic E-state index is 13.9. The van der Waals surface area contributed by atoms with E-state index >= 15 is 0 Å². The Kier molecular flexibility index (Phi) is 29.7. The largest absolute Gasteiger partial charge is 0.478 e. The lowest BCUT2D eigenvalue weighted by Crippen LogP contribution is -2.62. The molecule has 9 saturated carbocycles. The topological polar surface area (TPSA) is 342 Å². The smallest absolute Gasteiger partial charge is 0.335 e. The second-order valence-electron chi connectivity index (χ2n) is 40.6. The van der Waals surface area contributed by atoms with Gasteiger partial charge in [0.05, 0.1) is 63.3 Å². The van der Waals surface area contributed by atoms with Gasteiger partial charge in [0.25, 0.3) is 11.8 Å². The molecule has 5 amide bonds. The number of aliphatic hydroxyl groups excluding tert-OH is 6. The van der Waals surface area contributed by atoms with Gasteiger partial charge in [0.15, 0.2) is 0 Å². The van der Waals surface area contributed by atoms with E-state index in [4.69, 9.17) is 14.5 Å². The maximum absolute atomic E-state index is 13.9. The van der Waals surface area contributed by atoms with E-state index in [-0.39, 0.29) is 79.6 Å². The standard InChI is InChI=1S/2C35H49N3O5.C31H40N2O6/c2*1-20(2)17-36-33(41)26-12-8-11-25(14-26)24-10-7-9-23(13-24)18-38-32(31(22(4)40)30(19-39)43-38)34(42)37-29-16-27-15-28(21(29)3)35(27,5)6;1-17-24-13-23(31(24,3)4)14-25(17)32-29(36)28-27(18(2)35)26(16-34)39-33(28)15-19-7-5-8-20(11-19)21-9-6-10-22(12-21)30(37)38/h2*7-14,20-22,27-32,39-40H,15-19H2,1-6H3,(H,36,41)(H,37,42);5-12,17-18,23-28,34-35H,13-16H2,1-4H3,(H,32,36)(H,37,38)/t2*21-,22-,27+,28-,29-,30-,31+,32-;17-,18-,23+,24-,25-,26-,27+,28-/m000/s1. The van der Waals surface area contributed by atoms with E-state index in [1.54, 1.807) is 54.2 Å². The molecular weight excluding hydrogens is 1580 g/mol. The quantitative estimate of drug-likeness (QED) is 0.0217. The van der Waals surface area contributed by atoms with Crippen LogP contribution in [0.1, 0.15) is 197 Å². The average Bonchev–Trinajstić information content (AvgIpc) is 1.19. The van der Waals surface area contributed by atoms with Crippen molar-refractivity contribution in [3.63, 3.8) is 0 Å². The molecule has 24 atom stereocenters. The Morgan fingerprint density at radius 2 is 0.640 bits per heavy atom. The van der Waals surface area contributed by atoms with Crippen molar-refractivity contribution >= 4 is 35.5 Å². The molecule has 12 aliphatic rings. The zero-order valence-electron chi connectivity index (χ0n) is 75.9. The monoisotopic (exact) mass is 1720 g/mol. The Labute approximate surface area is 738 Å². The second-order valence-corrected chi connectivity index (χ2v) is 40.6. The lowest BCUT2D eigenvalue weighted by molar-refractivity contribution is -0.183. The van der Waals surface area contributed by atoms with Crippen LogP contribution in [0.15, 0.2) is 146 Å². The molecule has 125 heavy (non-hydrogen) atoms. The first-order chi connectivity index (χ1) is 59.3. The summed E-state index contributed by atoms with van der Waals surface area (Å²) in [5, 5.41) is 92.6. The van der Waals surface area contributed by atoms with Crippen molar-refractivity contribution in [2.45, 2.75) is 242 Å². The van der Waals surface area contributed by atoms with Crippen LogP contribution < -0.4 is 26.6 Å². The summed E-state index contributed by atoms with van der Waals surface area (Å²) in [4.78, 5) is 96.9. The lowest BCUT2D eigenvalue weighted by atomic mass is 9.45. The molecule has 6 bridgehead atoms. The van der Waals surface area contributed by atoms with Crippen molar-refractivity contribution in [2.24, 2.45) is 99.1 Å². The summed E-state index contributed by atoms with van der Waals surface area (Å²) >= 11 is 0. The van der Waals surface area contributed by atoms with E-state index in [0.29, 0.717) is 119 Å². The average molecular weight is 1720 g/mol. The van der Waals surface area contributed by atoms with Gasteiger partial charge in [-0.2, -0.15) is 15.2 Å². The fourth-order valence-corrected chi connectivity index (χ4v) is 22.8. The van der Waals surface area contributed by atoms with Crippen molar-refractivity contribution in [1.29, 1.82) is 0 Å². The Hall–Kier alpha value is -8.34.